The van der Waals surface area contributed by atoms with Crippen LogP contribution in [0.5, 0.6) is 0 Å². The van der Waals surface area contributed by atoms with Crippen molar-refractivity contribution in [3.05, 3.63) is 90.0 Å². The number of hydrogen-bond donors (Lipinski definition) is 2. The van der Waals surface area contributed by atoms with Crippen LogP contribution in [0.1, 0.15) is 56.5 Å². The third-order valence-corrected chi connectivity index (χ3v) is 6.57. The van der Waals surface area contributed by atoms with Crippen molar-refractivity contribution in [2.75, 3.05) is 7.11 Å². The summed E-state index contributed by atoms with van der Waals surface area (Å²) in [6.07, 6.45) is -1.18. The second-order valence-corrected chi connectivity index (χ2v) is 9.37. The summed E-state index contributed by atoms with van der Waals surface area (Å²) in [5, 5.41) is 14.2. The highest BCUT2D eigenvalue weighted by Crippen LogP contribution is 2.42. The molecule has 1 aromatic heterocycles. The summed E-state index contributed by atoms with van der Waals surface area (Å²) >= 11 is 19.6. The fraction of sp³-hybridized carbons (Fsp3) is 0.182. The van der Waals surface area contributed by atoms with Gasteiger partial charge in [0.25, 0.3) is 5.91 Å². The second kappa shape index (κ2) is 10.0. The van der Waals surface area contributed by atoms with Crippen LogP contribution in [0.4, 0.5) is 0 Å². The molecule has 5 nitrogen and oxygen atoms in total. The molecular formula is C22H18Cl3NO4S. The number of aliphatic hydroxyl groups excluding tert-OH is 1. The third kappa shape index (κ3) is 5.22. The van der Waals surface area contributed by atoms with Crippen LogP contribution in [-0.4, -0.2) is 24.1 Å². The fourth-order valence-electron chi connectivity index (χ4n) is 3.07. The third-order valence-electron chi connectivity index (χ3n) is 4.70. The van der Waals surface area contributed by atoms with E-state index in [1.807, 2.05) is 0 Å². The Morgan fingerprint density at radius 1 is 1.03 bits per heavy atom. The molecule has 0 aliphatic heterocycles. The molecule has 0 radical (unpaired) electrons. The molecule has 0 bridgehead atoms. The van der Waals surface area contributed by atoms with Crippen LogP contribution in [0.15, 0.2) is 48.5 Å². The number of rotatable bonds is 6. The van der Waals surface area contributed by atoms with E-state index in [-0.39, 0.29) is 19.8 Å². The number of esters is 1. The van der Waals surface area contributed by atoms with E-state index in [1.54, 1.807) is 55.5 Å². The topological polar surface area (TPSA) is 75.6 Å². The van der Waals surface area contributed by atoms with Gasteiger partial charge in [0.2, 0.25) is 0 Å². The average Bonchev–Trinajstić information content (AvgIpc) is 3.06. The van der Waals surface area contributed by atoms with Crippen molar-refractivity contribution in [3.8, 4) is 0 Å². The maximum atomic E-state index is 13.0. The van der Waals surface area contributed by atoms with E-state index in [4.69, 9.17) is 34.8 Å². The Morgan fingerprint density at radius 2 is 1.71 bits per heavy atom. The lowest BCUT2D eigenvalue weighted by Gasteiger charge is -2.17. The Morgan fingerprint density at radius 3 is 2.32 bits per heavy atom. The molecule has 2 atom stereocenters. The van der Waals surface area contributed by atoms with Crippen molar-refractivity contribution in [1.29, 1.82) is 0 Å². The zero-order chi connectivity index (χ0) is 22.7. The van der Waals surface area contributed by atoms with Crippen molar-refractivity contribution in [3.63, 3.8) is 0 Å². The molecule has 0 saturated carbocycles. The Labute approximate surface area is 198 Å². The number of thiophene rings is 1. The molecule has 2 aromatic carbocycles. The highest BCUT2D eigenvalue weighted by molar-refractivity contribution is 7.20. The van der Waals surface area contributed by atoms with Gasteiger partial charge in [0.1, 0.15) is 14.8 Å². The smallest absolute Gasteiger partial charge is 0.337 e. The molecule has 2 unspecified atom stereocenters. The van der Waals surface area contributed by atoms with Gasteiger partial charge in [0.05, 0.1) is 24.3 Å². The summed E-state index contributed by atoms with van der Waals surface area (Å²) in [5.41, 5.74) is 2.01. The minimum absolute atomic E-state index is 0.113. The SMILES string of the molecule is COC(=O)c1ccc(C(C)NC(=O)c2c(Cl)sc(Cl)c2C(O)c2cccc(Cl)c2)cc1. The zero-order valence-corrected chi connectivity index (χ0v) is 19.6. The second-order valence-electron chi connectivity index (χ2n) is 6.70. The number of nitrogens with one attached hydrogen (secondary N) is 1. The number of ether oxygens (including phenoxy) is 1. The molecule has 0 aliphatic carbocycles. The van der Waals surface area contributed by atoms with Crippen LogP contribution in [-0.2, 0) is 4.74 Å². The normalized spacial score (nSPS) is 12.8. The van der Waals surface area contributed by atoms with Gasteiger partial charge in [-0.1, -0.05) is 59.1 Å². The zero-order valence-electron chi connectivity index (χ0n) is 16.5. The molecule has 1 amide bonds. The number of benzene rings is 2. The lowest BCUT2D eigenvalue weighted by atomic mass is 9.99. The fourth-order valence-corrected chi connectivity index (χ4v) is 5.02. The molecule has 9 heteroatoms. The first-order valence-electron chi connectivity index (χ1n) is 9.13. The summed E-state index contributed by atoms with van der Waals surface area (Å²) in [5.74, 6) is -0.920. The Hall–Kier alpha value is -2.09. The van der Waals surface area contributed by atoms with Crippen LogP contribution < -0.4 is 5.32 Å². The van der Waals surface area contributed by atoms with Gasteiger partial charge < -0.3 is 15.2 Å². The first-order chi connectivity index (χ1) is 14.7. The maximum absolute atomic E-state index is 13.0. The quantitative estimate of drug-likeness (QED) is 0.405. The molecule has 0 spiro atoms. The molecular weight excluding hydrogens is 481 g/mol. The lowest BCUT2D eigenvalue weighted by molar-refractivity contribution is 0.0600. The summed E-state index contributed by atoms with van der Waals surface area (Å²) in [4.78, 5) is 24.6. The predicted molar refractivity (Wildman–Crippen MR) is 124 cm³/mol. The van der Waals surface area contributed by atoms with Crippen LogP contribution in [0.2, 0.25) is 13.7 Å². The van der Waals surface area contributed by atoms with Crippen LogP contribution >= 0.6 is 46.1 Å². The average molecular weight is 499 g/mol. The minimum atomic E-state index is -1.18. The van der Waals surface area contributed by atoms with Crippen LogP contribution in [0, 0.1) is 0 Å². The van der Waals surface area contributed by atoms with Gasteiger partial charge in [-0.15, -0.1) is 11.3 Å². The highest BCUT2D eigenvalue weighted by atomic mass is 35.5. The summed E-state index contributed by atoms with van der Waals surface area (Å²) in [7, 11) is 1.31. The molecule has 3 rings (SSSR count). The van der Waals surface area contributed by atoms with Crippen LogP contribution in [0.25, 0.3) is 0 Å². The largest absolute Gasteiger partial charge is 0.465 e. The predicted octanol–water partition coefficient (Wildman–Crippen LogP) is 6.07. The highest BCUT2D eigenvalue weighted by Gasteiger charge is 2.28. The number of halogens is 3. The first-order valence-corrected chi connectivity index (χ1v) is 11.1. The monoisotopic (exact) mass is 497 g/mol. The molecule has 0 saturated heterocycles. The lowest BCUT2D eigenvalue weighted by Crippen LogP contribution is -2.27. The number of carbonyl (C=O) groups is 2. The number of carbonyl (C=O) groups excluding carboxylic acids is 2. The molecule has 162 valence electrons. The summed E-state index contributed by atoms with van der Waals surface area (Å²) < 4.78 is 5.08. The van der Waals surface area contributed by atoms with E-state index in [0.29, 0.717) is 16.1 Å². The van der Waals surface area contributed by atoms with Crippen molar-refractivity contribution < 1.29 is 19.4 Å². The summed E-state index contributed by atoms with van der Waals surface area (Å²) in [6.45, 7) is 1.79. The molecule has 3 aromatic rings. The Bertz CT molecular complexity index is 1110. The maximum Gasteiger partial charge on any atom is 0.337 e. The van der Waals surface area contributed by atoms with E-state index in [0.717, 1.165) is 16.9 Å². The number of methoxy groups -OCH3 is 1. The standard InChI is InChI=1S/C22H18Cl3NO4S/c1-11(12-6-8-13(9-7-12)22(29)30-2)26-21(28)17-16(19(24)31-20(17)25)18(27)14-4-3-5-15(23)10-14/h3-11,18,27H,1-2H3,(H,26,28). The number of hydrogen-bond acceptors (Lipinski definition) is 5. The number of amides is 1. The van der Waals surface area contributed by atoms with Gasteiger partial charge in [0.15, 0.2) is 0 Å². The van der Waals surface area contributed by atoms with Crippen molar-refractivity contribution in [1.82, 2.24) is 5.32 Å². The molecule has 2 N–H and O–H groups in total. The van der Waals surface area contributed by atoms with E-state index in [2.05, 4.69) is 10.1 Å². The van der Waals surface area contributed by atoms with Gasteiger partial charge in [-0.3, -0.25) is 4.79 Å². The van der Waals surface area contributed by atoms with Gasteiger partial charge in [0, 0.05) is 10.6 Å². The van der Waals surface area contributed by atoms with Gasteiger partial charge in [-0.2, -0.15) is 0 Å². The van der Waals surface area contributed by atoms with Crippen molar-refractivity contribution >= 4 is 58.0 Å². The van der Waals surface area contributed by atoms with E-state index in [9.17, 15) is 14.7 Å². The summed E-state index contributed by atoms with van der Waals surface area (Å²) in [6, 6.07) is 12.9. The molecule has 31 heavy (non-hydrogen) atoms. The first kappa shape index (κ1) is 23.6. The Balaban J connectivity index is 1.86. The van der Waals surface area contributed by atoms with E-state index >= 15 is 0 Å². The van der Waals surface area contributed by atoms with E-state index < -0.39 is 24.0 Å². The number of aliphatic hydroxyl groups is 1. The Kier molecular flexibility index (Phi) is 7.62. The van der Waals surface area contributed by atoms with Crippen molar-refractivity contribution in [2.24, 2.45) is 0 Å². The molecule has 0 aliphatic rings. The van der Waals surface area contributed by atoms with Gasteiger partial charge >= 0.3 is 5.97 Å². The van der Waals surface area contributed by atoms with Crippen molar-refractivity contribution in [2.45, 2.75) is 19.1 Å². The molecule has 1 heterocycles. The van der Waals surface area contributed by atoms with E-state index in [1.165, 1.54) is 7.11 Å². The van der Waals surface area contributed by atoms with Crippen LogP contribution in [0.3, 0.4) is 0 Å². The van der Waals surface area contributed by atoms with Gasteiger partial charge in [-0.25, -0.2) is 4.79 Å². The van der Waals surface area contributed by atoms with Gasteiger partial charge in [-0.05, 0) is 42.3 Å². The molecule has 0 fully saturated rings. The minimum Gasteiger partial charge on any atom is -0.465 e.